The first kappa shape index (κ1) is 13.9. The number of H-pyrrole nitrogens is 1. The van der Waals surface area contributed by atoms with Crippen molar-refractivity contribution in [1.82, 2.24) is 20.4 Å². The molecule has 5 nitrogen and oxygen atoms in total. The van der Waals surface area contributed by atoms with Gasteiger partial charge < -0.3 is 10.2 Å². The van der Waals surface area contributed by atoms with Crippen molar-refractivity contribution < 1.29 is 4.79 Å². The number of hydrogen-bond acceptors (Lipinski definition) is 2. The molecule has 1 atom stereocenters. The number of nitrogens with zero attached hydrogens (tertiary/aromatic N) is 2. The highest BCUT2D eigenvalue weighted by Gasteiger charge is 2.23. The molecule has 2 N–H and O–H groups in total. The summed E-state index contributed by atoms with van der Waals surface area (Å²) in [6.07, 6.45) is 2.66. The lowest BCUT2D eigenvalue weighted by Gasteiger charge is -2.28. The van der Waals surface area contributed by atoms with Crippen LogP contribution in [0, 0.1) is 0 Å². The van der Waals surface area contributed by atoms with Crippen molar-refractivity contribution in [3.8, 4) is 0 Å². The van der Waals surface area contributed by atoms with Crippen LogP contribution in [0.4, 0.5) is 4.79 Å². The molecular formula is C15H17ClN4O. The van der Waals surface area contributed by atoms with E-state index in [1.807, 2.05) is 37.4 Å². The minimum Gasteiger partial charge on any atom is -0.331 e. The number of amides is 2. The topological polar surface area (TPSA) is 61.0 Å². The summed E-state index contributed by atoms with van der Waals surface area (Å²) >= 11 is 6.16. The van der Waals surface area contributed by atoms with Crippen LogP contribution >= 0.6 is 11.6 Å². The van der Waals surface area contributed by atoms with Crippen molar-refractivity contribution in [2.45, 2.75) is 25.9 Å². The van der Waals surface area contributed by atoms with Crippen LogP contribution in [0.25, 0.3) is 0 Å². The summed E-state index contributed by atoms with van der Waals surface area (Å²) in [6.45, 7) is 3.20. The zero-order chi connectivity index (χ0) is 14.8. The minimum absolute atomic E-state index is 0.0809. The second-order valence-electron chi connectivity index (χ2n) is 5.24. The van der Waals surface area contributed by atoms with Gasteiger partial charge in [0.25, 0.3) is 0 Å². The zero-order valence-electron chi connectivity index (χ0n) is 11.8. The molecule has 0 saturated carbocycles. The SMILES string of the molecule is C[C@@H](NC(=O)N1CCc2cn[nH]c2C1)c1ccccc1Cl. The lowest BCUT2D eigenvalue weighted by molar-refractivity contribution is 0.188. The molecule has 21 heavy (non-hydrogen) atoms. The number of halogens is 1. The Bertz CT molecular complexity index is 655. The summed E-state index contributed by atoms with van der Waals surface area (Å²) in [5.74, 6) is 0. The van der Waals surface area contributed by atoms with Gasteiger partial charge in [-0.25, -0.2) is 4.79 Å². The van der Waals surface area contributed by atoms with Crippen molar-refractivity contribution >= 4 is 17.6 Å². The summed E-state index contributed by atoms with van der Waals surface area (Å²) in [4.78, 5) is 14.1. The standard InChI is InChI=1S/C15H17ClN4O/c1-10(12-4-2-3-5-13(12)16)18-15(21)20-7-6-11-8-17-19-14(11)9-20/h2-5,8,10H,6-7,9H2,1H3,(H,17,19)(H,18,21)/t10-/m1/s1. The van der Waals surface area contributed by atoms with Crippen LogP contribution in [0.15, 0.2) is 30.5 Å². The largest absolute Gasteiger partial charge is 0.331 e. The molecular weight excluding hydrogens is 288 g/mol. The van der Waals surface area contributed by atoms with Crippen LogP contribution in [0.3, 0.4) is 0 Å². The molecule has 1 aromatic heterocycles. The summed E-state index contributed by atoms with van der Waals surface area (Å²) in [7, 11) is 0. The van der Waals surface area contributed by atoms with Crippen molar-refractivity contribution in [2.24, 2.45) is 0 Å². The summed E-state index contributed by atoms with van der Waals surface area (Å²) in [6, 6.07) is 7.34. The van der Waals surface area contributed by atoms with Gasteiger partial charge in [-0.15, -0.1) is 0 Å². The molecule has 0 radical (unpaired) electrons. The Hall–Kier alpha value is -2.01. The quantitative estimate of drug-likeness (QED) is 0.896. The maximum absolute atomic E-state index is 12.4. The molecule has 0 bridgehead atoms. The Morgan fingerprint density at radius 2 is 2.29 bits per heavy atom. The molecule has 0 saturated heterocycles. The monoisotopic (exact) mass is 304 g/mol. The van der Waals surface area contributed by atoms with Gasteiger partial charge in [-0.3, -0.25) is 5.10 Å². The molecule has 2 heterocycles. The van der Waals surface area contributed by atoms with Crippen LogP contribution < -0.4 is 5.32 Å². The number of fused-ring (bicyclic) bond motifs is 1. The average Bonchev–Trinajstić information content (AvgIpc) is 2.94. The van der Waals surface area contributed by atoms with Crippen LogP contribution in [0.1, 0.15) is 29.8 Å². The van der Waals surface area contributed by atoms with Crippen LogP contribution in [0.2, 0.25) is 5.02 Å². The van der Waals surface area contributed by atoms with E-state index in [-0.39, 0.29) is 12.1 Å². The van der Waals surface area contributed by atoms with Gasteiger partial charge in [0.1, 0.15) is 0 Å². The molecule has 2 amide bonds. The Labute approximate surface area is 128 Å². The second kappa shape index (κ2) is 5.77. The highest BCUT2D eigenvalue weighted by Crippen LogP contribution is 2.23. The highest BCUT2D eigenvalue weighted by molar-refractivity contribution is 6.31. The fourth-order valence-corrected chi connectivity index (χ4v) is 2.87. The van der Waals surface area contributed by atoms with E-state index in [1.165, 1.54) is 5.56 Å². The van der Waals surface area contributed by atoms with E-state index in [2.05, 4.69) is 15.5 Å². The molecule has 2 aromatic rings. The molecule has 1 aliphatic rings. The third-order valence-electron chi connectivity index (χ3n) is 3.81. The number of urea groups is 1. The first-order valence-corrected chi connectivity index (χ1v) is 7.34. The smallest absolute Gasteiger partial charge is 0.318 e. The third kappa shape index (κ3) is 2.88. The lowest BCUT2D eigenvalue weighted by atomic mass is 10.1. The fourth-order valence-electron chi connectivity index (χ4n) is 2.57. The number of carbonyl (C=O) groups excluding carboxylic acids is 1. The zero-order valence-corrected chi connectivity index (χ0v) is 12.5. The Morgan fingerprint density at radius 1 is 1.48 bits per heavy atom. The number of nitrogens with one attached hydrogen (secondary N) is 2. The number of aromatic nitrogens is 2. The Morgan fingerprint density at radius 3 is 3.10 bits per heavy atom. The molecule has 3 rings (SSSR count). The Balaban J connectivity index is 1.66. The molecule has 1 aromatic carbocycles. The molecule has 0 unspecified atom stereocenters. The van der Waals surface area contributed by atoms with Gasteiger partial charge in [-0.05, 0) is 30.5 Å². The molecule has 0 fully saturated rings. The number of carbonyl (C=O) groups is 1. The van der Waals surface area contributed by atoms with Gasteiger partial charge >= 0.3 is 6.03 Å². The van der Waals surface area contributed by atoms with E-state index in [4.69, 9.17) is 11.6 Å². The van der Waals surface area contributed by atoms with E-state index in [9.17, 15) is 4.79 Å². The van der Waals surface area contributed by atoms with Crippen molar-refractivity contribution in [3.63, 3.8) is 0 Å². The van der Waals surface area contributed by atoms with Crippen LogP contribution in [0.5, 0.6) is 0 Å². The highest BCUT2D eigenvalue weighted by atomic mass is 35.5. The van der Waals surface area contributed by atoms with E-state index >= 15 is 0 Å². The van der Waals surface area contributed by atoms with E-state index in [1.54, 1.807) is 4.90 Å². The fraction of sp³-hybridized carbons (Fsp3) is 0.333. The summed E-state index contributed by atoms with van der Waals surface area (Å²) < 4.78 is 0. The maximum atomic E-state index is 12.4. The molecule has 0 spiro atoms. The van der Waals surface area contributed by atoms with Crippen LogP contribution in [-0.4, -0.2) is 27.7 Å². The molecule has 6 heteroatoms. The predicted molar refractivity (Wildman–Crippen MR) is 81.1 cm³/mol. The van der Waals surface area contributed by atoms with Gasteiger partial charge in [0.05, 0.1) is 24.5 Å². The van der Waals surface area contributed by atoms with Crippen molar-refractivity contribution in [3.05, 3.63) is 52.3 Å². The van der Waals surface area contributed by atoms with Gasteiger partial charge in [0.15, 0.2) is 0 Å². The van der Waals surface area contributed by atoms with Crippen LogP contribution in [-0.2, 0) is 13.0 Å². The first-order valence-electron chi connectivity index (χ1n) is 6.96. The molecule has 110 valence electrons. The van der Waals surface area contributed by atoms with E-state index in [0.29, 0.717) is 18.1 Å². The van der Waals surface area contributed by atoms with Gasteiger partial charge in [0, 0.05) is 11.6 Å². The maximum Gasteiger partial charge on any atom is 0.318 e. The van der Waals surface area contributed by atoms with Gasteiger partial charge in [-0.1, -0.05) is 29.8 Å². The number of rotatable bonds is 2. The van der Waals surface area contributed by atoms with E-state index in [0.717, 1.165) is 17.7 Å². The van der Waals surface area contributed by atoms with Crippen molar-refractivity contribution in [2.75, 3.05) is 6.54 Å². The second-order valence-corrected chi connectivity index (χ2v) is 5.65. The lowest BCUT2D eigenvalue weighted by Crippen LogP contribution is -2.43. The third-order valence-corrected chi connectivity index (χ3v) is 4.15. The number of hydrogen-bond donors (Lipinski definition) is 2. The van der Waals surface area contributed by atoms with Gasteiger partial charge in [0.2, 0.25) is 0 Å². The first-order chi connectivity index (χ1) is 10.1. The van der Waals surface area contributed by atoms with Gasteiger partial charge in [-0.2, -0.15) is 5.10 Å². The number of benzene rings is 1. The summed E-state index contributed by atoms with van der Waals surface area (Å²) in [5, 5.41) is 10.6. The van der Waals surface area contributed by atoms with Crippen molar-refractivity contribution in [1.29, 1.82) is 0 Å². The minimum atomic E-state index is -0.130. The summed E-state index contributed by atoms with van der Waals surface area (Å²) in [5.41, 5.74) is 3.13. The molecule has 0 aliphatic carbocycles. The normalized spacial score (nSPS) is 15.4. The average molecular weight is 305 g/mol. The van der Waals surface area contributed by atoms with E-state index < -0.39 is 0 Å². The molecule has 1 aliphatic heterocycles. The Kier molecular flexibility index (Phi) is 3.84. The predicted octanol–water partition coefficient (Wildman–Crippen LogP) is 2.89. The number of aromatic amines is 1.